The van der Waals surface area contributed by atoms with Crippen LogP contribution in [-0.2, 0) is 13.0 Å². The third kappa shape index (κ3) is 3.47. The van der Waals surface area contributed by atoms with Crippen LogP contribution in [0.15, 0.2) is 53.7 Å². The molecule has 6 nitrogen and oxygen atoms in total. The minimum absolute atomic E-state index is 0.000263. The second kappa shape index (κ2) is 7.52. The molecule has 7 heteroatoms. The second-order valence-electron chi connectivity index (χ2n) is 6.50. The first-order valence-corrected chi connectivity index (χ1v) is 10.1. The smallest absolute Gasteiger partial charge is 0.257 e. The molecule has 2 aromatic heterocycles. The van der Waals surface area contributed by atoms with Crippen molar-refractivity contribution in [1.82, 2.24) is 24.6 Å². The van der Waals surface area contributed by atoms with Gasteiger partial charge in [0, 0.05) is 19.2 Å². The lowest BCUT2D eigenvalue weighted by atomic mass is 10.0. The van der Waals surface area contributed by atoms with Gasteiger partial charge in [0.15, 0.2) is 0 Å². The molecule has 0 fully saturated rings. The van der Waals surface area contributed by atoms with Crippen molar-refractivity contribution in [3.05, 3.63) is 71.4 Å². The van der Waals surface area contributed by atoms with Crippen molar-refractivity contribution in [2.45, 2.75) is 31.0 Å². The van der Waals surface area contributed by atoms with Gasteiger partial charge >= 0.3 is 0 Å². The van der Waals surface area contributed by atoms with E-state index in [1.807, 2.05) is 53.1 Å². The first-order valence-electron chi connectivity index (χ1n) is 8.92. The molecular weight excluding hydrogens is 358 g/mol. The summed E-state index contributed by atoms with van der Waals surface area (Å²) >= 11 is 1.49. The third-order valence-electron chi connectivity index (χ3n) is 4.76. The maximum Gasteiger partial charge on any atom is 0.257 e. The summed E-state index contributed by atoms with van der Waals surface area (Å²) in [6.07, 6.45) is 4.37. The van der Waals surface area contributed by atoms with Crippen LogP contribution in [0, 0.1) is 6.92 Å². The Bertz CT molecular complexity index is 956. The minimum atomic E-state index is -0.148. The predicted octanol–water partition coefficient (Wildman–Crippen LogP) is 3.14. The van der Waals surface area contributed by atoms with Crippen LogP contribution in [0.1, 0.15) is 33.6 Å². The molecule has 4 rings (SSSR count). The number of amides is 1. The molecule has 1 atom stereocenters. The zero-order chi connectivity index (χ0) is 18.8. The summed E-state index contributed by atoms with van der Waals surface area (Å²) in [5.41, 5.74) is 1.82. The standard InChI is InChI=1S/C20H21N5OS/c1-14-22-18-17(13-15-7-4-3-5-8-15)24(11-12-25(18)23-14)20(26)16-9-6-10-21-19(16)27-2/h3-10,17H,11-13H2,1-2H3/t17-/m0/s1. The van der Waals surface area contributed by atoms with Gasteiger partial charge in [-0.25, -0.2) is 14.6 Å². The summed E-state index contributed by atoms with van der Waals surface area (Å²) in [7, 11) is 0. The molecule has 138 valence electrons. The highest BCUT2D eigenvalue weighted by Crippen LogP contribution is 2.30. The lowest BCUT2D eigenvalue weighted by Gasteiger charge is -2.35. The van der Waals surface area contributed by atoms with Crippen LogP contribution in [0.2, 0.25) is 0 Å². The van der Waals surface area contributed by atoms with Crippen molar-refractivity contribution in [3.63, 3.8) is 0 Å². The fourth-order valence-electron chi connectivity index (χ4n) is 3.53. The van der Waals surface area contributed by atoms with E-state index < -0.39 is 0 Å². The molecule has 0 saturated heterocycles. The predicted molar refractivity (Wildman–Crippen MR) is 105 cm³/mol. The van der Waals surface area contributed by atoms with Crippen LogP contribution in [0.3, 0.4) is 0 Å². The first kappa shape index (κ1) is 17.7. The Hall–Kier alpha value is -2.67. The molecule has 0 spiro atoms. The maximum atomic E-state index is 13.4. The van der Waals surface area contributed by atoms with Crippen LogP contribution in [0.25, 0.3) is 0 Å². The average molecular weight is 379 g/mol. The molecule has 0 saturated carbocycles. The quantitative estimate of drug-likeness (QED) is 0.652. The maximum absolute atomic E-state index is 13.4. The fraction of sp³-hybridized carbons (Fsp3) is 0.300. The first-order chi connectivity index (χ1) is 13.2. The second-order valence-corrected chi connectivity index (χ2v) is 7.30. The van der Waals surface area contributed by atoms with Gasteiger partial charge in [0.2, 0.25) is 0 Å². The number of carbonyl (C=O) groups excluding carboxylic acids is 1. The third-order valence-corrected chi connectivity index (χ3v) is 5.47. The fourth-order valence-corrected chi connectivity index (χ4v) is 4.07. The Morgan fingerprint density at radius 3 is 2.78 bits per heavy atom. The van der Waals surface area contributed by atoms with Crippen molar-refractivity contribution in [2.75, 3.05) is 12.8 Å². The van der Waals surface area contributed by atoms with Gasteiger partial charge < -0.3 is 4.90 Å². The van der Waals surface area contributed by atoms with Gasteiger partial charge in [-0.05, 0) is 30.9 Å². The van der Waals surface area contributed by atoms with E-state index in [0.717, 1.165) is 16.7 Å². The Balaban J connectivity index is 1.73. The molecule has 1 aliphatic rings. The summed E-state index contributed by atoms with van der Waals surface area (Å²) in [6, 6.07) is 13.7. The number of aryl methyl sites for hydroxylation is 1. The van der Waals surface area contributed by atoms with Crippen molar-refractivity contribution >= 4 is 17.7 Å². The number of thioether (sulfide) groups is 1. The largest absolute Gasteiger partial charge is 0.326 e. The van der Waals surface area contributed by atoms with Gasteiger partial charge in [-0.15, -0.1) is 11.8 Å². The molecule has 1 amide bonds. The van der Waals surface area contributed by atoms with Crippen LogP contribution in [-0.4, -0.2) is 43.4 Å². The van der Waals surface area contributed by atoms with E-state index in [4.69, 9.17) is 0 Å². The molecule has 0 bridgehead atoms. The number of pyridine rings is 1. The average Bonchev–Trinajstić information content (AvgIpc) is 3.09. The molecule has 1 aromatic carbocycles. The Labute approximate surface area is 162 Å². The molecule has 0 radical (unpaired) electrons. The number of hydrogen-bond acceptors (Lipinski definition) is 5. The summed E-state index contributed by atoms with van der Waals surface area (Å²) in [5, 5.41) is 5.25. The summed E-state index contributed by atoms with van der Waals surface area (Å²) < 4.78 is 1.94. The lowest BCUT2D eigenvalue weighted by Crippen LogP contribution is -2.43. The highest BCUT2D eigenvalue weighted by Gasteiger charge is 2.34. The number of nitrogens with zero attached hydrogens (tertiary/aromatic N) is 5. The number of benzene rings is 1. The van der Waals surface area contributed by atoms with Crippen molar-refractivity contribution in [3.8, 4) is 0 Å². The van der Waals surface area contributed by atoms with Gasteiger partial charge in [-0.2, -0.15) is 5.10 Å². The molecule has 3 heterocycles. The topological polar surface area (TPSA) is 63.9 Å². The van der Waals surface area contributed by atoms with Gasteiger partial charge in [-0.1, -0.05) is 30.3 Å². The number of fused-ring (bicyclic) bond motifs is 1. The van der Waals surface area contributed by atoms with Gasteiger partial charge in [0.05, 0.1) is 18.2 Å². The molecule has 1 aliphatic heterocycles. The van der Waals surface area contributed by atoms with E-state index in [2.05, 4.69) is 27.2 Å². The molecular formula is C20H21N5OS. The Morgan fingerprint density at radius 2 is 2.00 bits per heavy atom. The van der Waals surface area contributed by atoms with Gasteiger partial charge in [-0.3, -0.25) is 4.79 Å². The minimum Gasteiger partial charge on any atom is -0.326 e. The number of carbonyl (C=O) groups is 1. The number of aromatic nitrogens is 4. The highest BCUT2D eigenvalue weighted by molar-refractivity contribution is 7.98. The van der Waals surface area contributed by atoms with Crippen molar-refractivity contribution in [2.24, 2.45) is 0 Å². The highest BCUT2D eigenvalue weighted by atomic mass is 32.2. The van der Waals surface area contributed by atoms with Crippen LogP contribution in [0.4, 0.5) is 0 Å². The van der Waals surface area contributed by atoms with E-state index in [0.29, 0.717) is 25.1 Å². The molecule has 0 aliphatic carbocycles. The van der Waals surface area contributed by atoms with E-state index in [9.17, 15) is 4.79 Å². The van der Waals surface area contributed by atoms with Crippen LogP contribution in [0.5, 0.6) is 0 Å². The monoisotopic (exact) mass is 379 g/mol. The normalized spacial score (nSPS) is 16.2. The van der Waals surface area contributed by atoms with E-state index in [-0.39, 0.29) is 11.9 Å². The Kier molecular flexibility index (Phi) is 4.94. The zero-order valence-corrected chi connectivity index (χ0v) is 16.2. The van der Waals surface area contributed by atoms with Crippen molar-refractivity contribution in [1.29, 1.82) is 0 Å². The molecule has 0 unspecified atom stereocenters. The SMILES string of the molecule is CSc1ncccc1C(=O)N1CCn2nc(C)nc2[C@@H]1Cc1ccccc1. The van der Waals surface area contributed by atoms with E-state index in [1.165, 1.54) is 17.3 Å². The van der Waals surface area contributed by atoms with Gasteiger partial charge in [0.25, 0.3) is 5.91 Å². The van der Waals surface area contributed by atoms with Gasteiger partial charge in [0.1, 0.15) is 16.7 Å². The number of hydrogen-bond donors (Lipinski definition) is 0. The molecule has 27 heavy (non-hydrogen) atoms. The molecule has 0 N–H and O–H groups in total. The van der Waals surface area contributed by atoms with E-state index in [1.54, 1.807) is 6.20 Å². The molecule has 3 aromatic rings. The van der Waals surface area contributed by atoms with Crippen LogP contribution < -0.4 is 0 Å². The number of rotatable bonds is 4. The van der Waals surface area contributed by atoms with E-state index >= 15 is 0 Å². The summed E-state index contributed by atoms with van der Waals surface area (Å²) in [6.45, 7) is 3.15. The summed E-state index contributed by atoms with van der Waals surface area (Å²) in [5.74, 6) is 1.59. The zero-order valence-electron chi connectivity index (χ0n) is 15.4. The Morgan fingerprint density at radius 1 is 1.19 bits per heavy atom. The van der Waals surface area contributed by atoms with Crippen LogP contribution >= 0.6 is 11.8 Å². The summed E-state index contributed by atoms with van der Waals surface area (Å²) in [4.78, 5) is 24.3. The lowest BCUT2D eigenvalue weighted by molar-refractivity contribution is 0.0604. The van der Waals surface area contributed by atoms with Crippen molar-refractivity contribution < 1.29 is 4.79 Å².